The van der Waals surface area contributed by atoms with Crippen LogP contribution in [0.25, 0.3) is 6.08 Å². The summed E-state index contributed by atoms with van der Waals surface area (Å²) >= 11 is 0. The number of benzene rings is 2. The molecule has 3 rings (SSSR count). The van der Waals surface area contributed by atoms with Crippen molar-refractivity contribution in [1.29, 1.82) is 0 Å². The van der Waals surface area contributed by atoms with Gasteiger partial charge in [0.05, 0.1) is 21.3 Å². The number of fused-ring (bicyclic) bond motifs is 1. The molecular weight excluding hydrogens is 408 g/mol. The summed E-state index contributed by atoms with van der Waals surface area (Å²) in [6.45, 7) is 6.39. The van der Waals surface area contributed by atoms with Gasteiger partial charge in [-0.2, -0.15) is 0 Å². The third-order valence-electron chi connectivity index (χ3n) is 5.25. The fourth-order valence-electron chi connectivity index (χ4n) is 3.63. The molecule has 32 heavy (non-hydrogen) atoms. The van der Waals surface area contributed by atoms with Crippen molar-refractivity contribution in [1.82, 2.24) is 0 Å². The van der Waals surface area contributed by atoms with Crippen molar-refractivity contribution < 1.29 is 23.8 Å². The summed E-state index contributed by atoms with van der Waals surface area (Å²) in [5.41, 5.74) is 2.86. The molecule has 1 aliphatic heterocycles. The lowest BCUT2D eigenvalue weighted by Gasteiger charge is -2.26. The number of ether oxygens (including phenoxy) is 3. The van der Waals surface area contributed by atoms with Crippen molar-refractivity contribution in [3.8, 4) is 17.2 Å². The highest BCUT2D eigenvalue weighted by molar-refractivity contribution is 6.03. The summed E-state index contributed by atoms with van der Waals surface area (Å²) < 4.78 is 16.0. The number of hydrogen-bond acceptors (Lipinski definition) is 5. The number of amides is 2. The second-order valence-corrected chi connectivity index (χ2v) is 8.58. The molecule has 2 aromatic carbocycles. The van der Waals surface area contributed by atoms with E-state index in [9.17, 15) is 9.59 Å². The maximum Gasteiger partial charge on any atom is 0.248 e. The molecule has 0 saturated heterocycles. The summed E-state index contributed by atoms with van der Waals surface area (Å²) in [4.78, 5) is 27.1. The largest absolute Gasteiger partial charge is 0.493 e. The Morgan fingerprint density at radius 3 is 2.22 bits per heavy atom. The van der Waals surface area contributed by atoms with E-state index in [1.165, 1.54) is 13.2 Å². The van der Waals surface area contributed by atoms with E-state index in [-0.39, 0.29) is 11.8 Å². The van der Waals surface area contributed by atoms with Gasteiger partial charge in [0, 0.05) is 29.4 Å². The number of rotatable bonds is 6. The van der Waals surface area contributed by atoms with Crippen molar-refractivity contribution in [2.24, 2.45) is 5.41 Å². The SMILES string of the molecule is COc1cc(/C=C/C(=O)Nc2ccc3c(c2)N(C(=O)C(C)(C)C)CC3)cc(OC)c1OC. The van der Waals surface area contributed by atoms with Gasteiger partial charge >= 0.3 is 0 Å². The Morgan fingerprint density at radius 1 is 1.00 bits per heavy atom. The van der Waals surface area contributed by atoms with Crippen LogP contribution in [0.4, 0.5) is 11.4 Å². The van der Waals surface area contributed by atoms with E-state index in [4.69, 9.17) is 14.2 Å². The number of carbonyl (C=O) groups excluding carboxylic acids is 2. The van der Waals surface area contributed by atoms with Crippen molar-refractivity contribution in [3.05, 3.63) is 47.5 Å². The summed E-state index contributed by atoms with van der Waals surface area (Å²) in [6.07, 6.45) is 3.92. The third kappa shape index (κ3) is 4.88. The molecular formula is C25H30N2O5. The molecule has 2 amide bonds. The van der Waals surface area contributed by atoms with E-state index < -0.39 is 5.41 Å². The quantitative estimate of drug-likeness (QED) is 0.681. The Labute approximate surface area is 189 Å². The lowest BCUT2D eigenvalue weighted by Crippen LogP contribution is -2.38. The minimum absolute atomic E-state index is 0.0713. The van der Waals surface area contributed by atoms with Crippen LogP contribution in [-0.2, 0) is 16.0 Å². The Bertz CT molecular complexity index is 1030. The number of nitrogens with zero attached hydrogens (tertiary/aromatic N) is 1. The van der Waals surface area contributed by atoms with Gasteiger partial charge in [0.25, 0.3) is 0 Å². The molecule has 0 aliphatic carbocycles. The first-order valence-electron chi connectivity index (χ1n) is 10.4. The van der Waals surface area contributed by atoms with Gasteiger partial charge in [0.1, 0.15) is 0 Å². The van der Waals surface area contributed by atoms with Crippen LogP contribution in [0.2, 0.25) is 0 Å². The zero-order valence-electron chi connectivity index (χ0n) is 19.4. The third-order valence-corrected chi connectivity index (χ3v) is 5.25. The average Bonchev–Trinajstić information content (AvgIpc) is 3.18. The maximum absolute atomic E-state index is 12.8. The summed E-state index contributed by atoms with van der Waals surface area (Å²) in [5.74, 6) is 1.29. The van der Waals surface area contributed by atoms with E-state index >= 15 is 0 Å². The number of carbonyl (C=O) groups is 2. The molecule has 1 N–H and O–H groups in total. The van der Waals surface area contributed by atoms with Crippen molar-refractivity contribution in [3.63, 3.8) is 0 Å². The fourth-order valence-corrected chi connectivity index (χ4v) is 3.63. The molecule has 0 fully saturated rings. The van der Waals surface area contributed by atoms with Crippen molar-refractivity contribution in [2.75, 3.05) is 38.1 Å². The molecule has 0 saturated carbocycles. The lowest BCUT2D eigenvalue weighted by molar-refractivity contribution is -0.125. The van der Waals surface area contributed by atoms with Crippen molar-refractivity contribution >= 4 is 29.3 Å². The first-order chi connectivity index (χ1) is 15.2. The van der Waals surface area contributed by atoms with E-state index in [1.54, 1.807) is 37.3 Å². The Balaban J connectivity index is 1.76. The second-order valence-electron chi connectivity index (χ2n) is 8.58. The molecule has 0 unspecified atom stereocenters. The molecule has 2 aromatic rings. The minimum atomic E-state index is -0.468. The number of anilines is 2. The van der Waals surface area contributed by atoms with Crippen LogP contribution in [-0.4, -0.2) is 39.7 Å². The first kappa shape index (κ1) is 23.2. The molecule has 0 aromatic heterocycles. The molecule has 0 atom stereocenters. The first-order valence-corrected chi connectivity index (χ1v) is 10.4. The van der Waals surface area contributed by atoms with Crippen molar-refractivity contribution in [2.45, 2.75) is 27.2 Å². The van der Waals surface area contributed by atoms with Gasteiger partial charge in [-0.3, -0.25) is 9.59 Å². The van der Waals surface area contributed by atoms with E-state index in [0.29, 0.717) is 29.5 Å². The van der Waals surface area contributed by atoms with Gasteiger partial charge < -0.3 is 24.4 Å². The van der Waals surface area contributed by atoms with Gasteiger partial charge in [0.2, 0.25) is 17.6 Å². The zero-order chi connectivity index (χ0) is 23.5. The topological polar surface area (TPSA) is 77.1 Å². The van der Waals surface area contributed by atoms with Crippen LogP contribution < -0.4 is 24.4 Å². The predicted octanol–water partition coefficient (Wildman–Crippen LogP) is 4.30. The highest BCUT2D eigenvalue weighted by Gasteiger charge is 2.32. The van der Waals surface area contributed by atoms with Crippen LogP contribution in [0.15, 0.2) is 36.4 Å². The maximum atomic E-state index is 12.8. The van der Waals surface area contributed by atoms with Gasteiger partial charge in [-0.05, 0) is 47.9 Å². The van der Waals surface area contributed by atoms with Gasteiger partial charge in [-0.15, -0.1) is 0 Å². The molecule has 170 valence electrons. The highest BCUT2D eigenvalue weighted by atomic mass is 16.5. The normalized spacial score (nSPS) is 13.1. The average molecular weight is 439 g/mol. The van der Waals surface area contributed by atoms with E-state index in [2.05, 4.69) is 5.32 Å². The van der Waals surface area contributed by atoms with Crippen LogP contribution in [0.3, 0.4) is 0 Å². The van der Waals surface area contributed by atoms with E-state index in [1.807, 2.05) is 39.0 Å². The number of hydrogen-bond donors (Lipinski definition) is 1. The molecule has 0 spiro atoms. The van der Waals surface area contributed by atoms with Crippen LogP contribution >= 0.6 is 0 Å². The number of nitrogens with one attached hydrogen (secondary N) is 1. The standard InChI is InChI=1S/C25H30N2O5/c1-25(2,3)24(29)27-12-11-17-8-9-18(15-19(17)27)26-22(28)10-7-16-13-20(30-4)23(32-6)21(14-16)31-5/h7-10,13-15H,11-12H2,1-6H3,(H,26,28)/b10-7+. The van der Waals surface area contributed by atoms with E-state index in [0.717, 1.165) is 23.2 Å². The van der Waals surface area contributed by atoms with Gasteiger partial charge in [-0.25, -0.2) is 0 Å². The number of methoxy groups -OCH3 is 3. The van der Waals surface area contributed by atoms with Gasteiger partial charge in [0.15, 0.2) is 11.5 Å². The van der Waals surface area contributed by atoms with Crippen LogP contribution in [0.1, 0.15) is 31.9 Å². The minimum Gasteiger partial charge on any atom is -0.493 e. The molecule has 1 heterocycles. The predicted molar refractivity (Wildman–Crippen MR) is 126 cm³/mol. The molecule has 0 bridgehead atoms. The summed E-state index contributed by atoms with van der Waals surface area (Å²) in [5, 5.41) is 2.87. The Kier molecular flexibility index (Phi) is 6.77. The fraction of sp³-hybridized carbons (Fsp3) is 0.360. The highest BCUT2D eigenvalue weighted by Crippen LogP contribution is 2.38. The molecule has 1 aliphatic rings. The summed E-state index contributed by atoms with van der Waals surface area (Å²) in [7, 11) is 4.62. The smallest absolute Gasteiger partial charge is 0.248 e. The molecule has 0 radical (unpaired) electrons. The zero-order valence-corrected chi connectivity index (χ0v) is 19.4. The lowest BCUT2D eigenvalue weighted by atomic mass is 9.94. The van der Waals surface area contributed by atoms with Crippen LogP contribution in [0, 0.1) is 5.41 Å². The summed E-state index contributed by atoms with van der Waals surface area (Å²) in [6, 6.07) is 9.20. The molecule has 7 heteroatoms. The van der Waals surface area contributed by atoms with Gasteiger partial charge in [-0.1, -0.05) is 26.8 Å². The molecule has 7 nitrogen and oxygen atoms in total. The Morgan fingerprint density at radius 2 is 1.66 bits per heavy atom. The van der Waals surface area contributed by atoms with Crippen LogP contribution in [0.5, 0.6) is 17.2 Å². The second kappa shape index (κ2) is 9.34. The monoisotopic (exact) mass is 438 g/mol. The Hall–Kier alpha value is -3.48.